The Kier molecular flexibility index (Phi) is 13.3. The smallest absolute Gasteiger partial charge is 0.219 e. The van der Waals surface area contributed by atoms with Gasteiger partial charge in [0.15, 0.2) is 17.5 Å². The molecule has 8 nitrogen and oxygen atoms in total. The molecule has 0 bridgehead atoms. The molecular formula is C22H38IN5O3. The van der Waals surface area contributed by atoms with Crippen LogP contribution < -0.4 is 20.1 Å². The molecule has 0 unspecified atom stereocenters. The monoisotopic (exact) mass is 547 g/mol. The number of amides is 1. The summed E-state index contributed by atoms with van der Waals surface area (Å²) in [6, 6.07) is 6.10. The van der Waals surface area contributed by atoms with Gasteiger partial charge < -0.3 is 25.0 Å². The molecule has 1 heterocycles. The second kappa shape index (κ2) is 15.1. The Labute approximate surface area is 203 Å². The maximum absolute atomic E-state index is 11.4. The van der Waals surface area contributed by atoms with Crippen molar-refractivity contribution in [2.45, 2.75) is 27.2 Å². The summed E-state index contributed by atoms with van der Waals surface area (Å²) in [6.07, 6.45) is 0.861. The standard InChI is InChI=1S/C22H37N5O3.HI/c1-5-29-20-8-7-19(17-21(20)30-6-2)9-10-24-22(23-4)25-11-12-26-13-15-27(16-14-26)18(3)28;/h7-8,17H,5-6,9-16H2,1-4H3,(H2,23,24,25);1H. The summed E-state index contributed by atoms with van der Waals surface area (Å²) in [5.74, 6) is 2.55. The van der Waals surface area contributed by atoms with E-state index in [1.54, 1.807) is 14.0 Å². The summed E-state index contributed by atoms with van der Waals surface area (Å²) in [4.78, 5) is 20.0. The van der Waals surface area contributed by atoms with E-state index in [1.807, 2.05) is 30.9 Å². The SMILES string of the molecule is CCOc1ccc(CCNC(=NC)NCCN2CCN(C(C)=O)CC2)cc1OCC.I. The van der Waals surface area contributed by atoms with E-state index in [9.17, 15) is 4.79 Å². The number of nitrogens with zero attached hydrogens (tertiary/aromatic N) is 3. The first kappa shape index (κ1) is 27.3. The van der Waals surface area contributed by atoms with Gasteiger partial charge in [0, 0.05) is 59.8 Å². The number of rotatable bonds is 10. The average Bonchev–Trinajstić information content (AvgIpc) is 2.75. The molecule has 1 aliphatic heterocycles. The quantitative estimate of drug-likeness (QED) is 0.265. The highest BCUT2D eigenvalue weighted by molar-refractivity contribution is 14.0. The maximum Gasteiger partial charge on any atom is 0.219 e. The molecule has 0 radical (unpaired) electrons. The van der Waals surface area contributed by atoms with Crippen LogP contribution in [0.3, 0.4) is 0 Å². The van der Waals surface area contributed by atoms with Crippen LogP contribution in [0.25, 0.3) is 0 Å². The molecule has 31 heavy (non-hydrogen) atoms. The van der Waals surface area contributed by atoms with Crippen molar-refractivity contribution in [1.29, 1.82) is 0 Å². The lowest BCUT2D eigenvalue weighted by Crippen LogP contribution is -2.50. The number of hydrogen-bond acceptors (Lipinski definition) is 5. The van der Waals surface area contributed by atoms with Crippen LogP contribution >= 0.6 is 24.0 Å². The molecule has 0 saturated carbocycles. The fourth-order valence-electron chi connectivity index (χ4n) is 3.42. The van der Waals surface area contributed by atoms with E-state index >= 15 is 0 Å². The predicted octanol–water partition coefficient (Wildman–Crippen LogP) is 1.97. The van der Waals surface area contributed by atoms with Gasteiger partial charge in [-0.15, -0.1) is 24.0 Å². The number of nitrogens with one attached hydrogen (secondary N) is 2. The van der Waals surface area contributed by atoms with Gasteiger partial charge in [0.1, 0.15) is 0 Å². The first-order chi connectivity index (χ1) is 14.6. The second-order valence-electron chi connectivity index (χ2n) is 7.17. The van der Waals surface area contributed by atoms with E-state index in [0.717, 1.165) is 69.7 Å². The highest BCUT2D eigenvalue weighted by atomic mass is 127. The average molecular weight is 547 g/mol. The Hall–Kier alpha value is -1.75. The molecular weight excluding hydrogens is 509 g/mol. The Bertz CT molecular complexity index is 694. The molecule has 1 fully saturated rings. The van der Waals surface area contributed by atoms with Crippen LogP contribution in [0.4, 0.5) is 0 Å². The van der Waals surface area contributed by atoms with Crippen molar-refractivity contribution in [2.24, 2.45) is 4.99 Å². The summed E-state index contributed by atoms with van der Waals surface area (Å²) in [5, 5.41) is 6.73. The van der Waals surface area contributed by atoms with Crippen molar-refractivity contribution < 1.29 is 14.3 Å². The van der Waals surface area contributed by atoms with Gasteiger partial charge in [0.2, 0.25) is 5.91 Å². The summed E-state index contributed by atoms with van der Waals surface area (Å²) >= 11 is 0. The number of carbonyl (C=O) groups excluding carboxylic acids is 1. The number of piperazine rings is 1. The zero-order chi connectivity index (χ0) is 21.8. The van der Waals surface area contributed by atoms with Crippen molar-refractivity contribution in [3.63, 3.8) is 0 Å². The number of ether oxygens (including phenoxy) is 2. The minimum absolute atomic E-state index is 0. The summed E-state index contributed by atoms with van der Waals surface area (Å²) < 4.78 is 11.3. The minimum Gasteiger partial charge on any atom is -0.490 e. The third kappa shape index (κ3) is 9.51. The number of halogens is 1. The fourth-order valence-corrected chi connectivity index (χ4v) is 3.42. The van der Waals surface area contributed by atoms with E-state index in [1.165, 1.54) is 5.56 Å². The molecule has 0 aromatic heterocycles. The van der Waals surface area contributed by atoms with Crippen LogP contribution in [0.1, 0.15) is 26.3 Å². The second-order valence-corrected chi connectivity index (χ2v) is 7.17. The zero-order valence-corrected chi connectivity index (χ0v) is 21.6. The Morgan fingerprint density at radius 3 is 2.29 bits per heavy atom. The van der Waals surface area contributed by atoms with Gasteiger partial charge in [-0.3, -0.25) is 14.7 Å². The maximum atomic E-state index is 11.4. The van der Waals surface area contributed by atoms with Crippen molar-refractivity contribution in [3.05, 3.63) is 23.8 Å². The zero-order valence-electron chi connectivity index (χ0n) is 19.3. The third-order valence-corrected chi connectivity index (χ3v) is 5.08. The van der Waals surface area contributed by atoms with Crippen LogP contribution in [-0.4, -0.2) is 87.7 Å². The Morgan fingerprint density at radius 2 is 1.68 bits per heavy atom. The predicted molar refractivity (Wildman–Crippen MR) is 136 cm³/mol. The van der Waals surface area contributed by atoms with Gasteiger partial charge in [0.05, 0.1) is 13.2 Å². The lowest BCUT2D eigenvalue weighted by Gasteiger charge is -2.34. The number of carbonyl (C=O) groups is 1. The number of guanidine groups is 1. The molecule has 176 valence electrons. The molecule has 2 N–H and O–H groups in total. The normalized spacial score (nSPS) is 14.6. The minimum atomic E-state index is 0. The number of benzene rings is 1. The van der Waals surface area contributed by atoms with Crippen molar-refractivity contribution in [3.8, 4) is 11.5 Å². The van der Waals surface area contributed by atoms with Gasteiger partial charge in [-0.05, 0) is 38.0 Å². The van der Waals surface area contributed by atoms with Gasteiger partial charge in [0.25, 0.3) is 0 Å². The first-order valence-electron chi connectivity index (χ1n) is 10.9. The van der Waals surface area contributed by atoms with Gasteiger partial charge in [-0.1, -0.05) is 6.07 Å². The molecule has 1 amide bonds. The first-order valence-corrected chi connectivity index (χ1v) is 10.9. The molecule has 1 aromatic rings. The third-order valence-electron chi connectivity index (χ3n) is 5.08. The molecule has 0 spiro atoms. The molecule has 1 aliphatic rings. The van der Waals surface area contributed by atoms with E-state index < -0.39 is 0 Å². The molecule has 2 rings (SSSR count). The van der Waals surface area contributed by atoms with Crippen LogP contribution in [0, 0.1) is 0 Å². The lowest BCUT2D eigenvalue weighted by molar-refractivity contribution is -0.130. The van der Waals surface area contributed by atoms with Crippen LogP contribution in [0.5, 0.6) is 11.5 Å². The molecule has 9 heteroatoms. The van der Waals surface area contributed by atoms with Crippen molar-refractivity contribution >= 4 is 35.8 Å². The summed E-state index contributed by atoms with van der Waals surface area (Å²) in [5.41, 5.74) is 1.19. The van der Waals surface area contributed by atoms with Gasteiger partial charge in [-0.25, -0.2) is 0 Å². The van der Waals surface area contributed by atoms with E-state index in [4.69, 9.17) is 9.47 Å². The van der Waals surface area contributed by atoms with E-state index in [-0.39, 0.29) is 29.9 Å². The number of hydrogen-bond donors (Lipinski definition) is 2. The van der Waals surface area contributed by atoms with E-state index in [2.05, 4.69) is 26.6 Å². The Morgan fingerprint density at radius 1 is 1.03 bits per heavy atom. The topological polar surface area (TPSA) is 78.4 Å². The molecule has 0 atom stereocenters. The molecule has 1 saturated heterocycles. The highest BCUT2D eigenvalue weighted by Gasteiger charge is 2.17. The molecule has 0 aliphatic carbocycles. The van der Waals surface area contributed by atoms with E-state index in [0.29, 0.717) is 13.2 Å². The van der Waals surface area contributed by atoms with Crippen LogP contribution in [0.15, 0.2) is 23.2 Å². The summed E-state index contributed by atoms with van der Waals surface area (Å²) in [7, 11) is 1.78. The highest BCUT2D eigenvalue weighted by Crippen LogP contribution is 2.28. The largest absolute Gasteiger partial charge is 0.490 e. The lowest BCUT2D eigenvalue weighted by atomic mass is 10.1. The van der Waals surface area contributed by atoms with Crippen LogP contribution in [-0.2, 0) is 11.2 Å². The summed E-state index contributed by atoms with van der Waals surface area (Å²) in [6.45, 7) is 12.8. The van der Waals surface area contributed by atoms with Gasteiger partial charge in [-0.2, -0.15) is 0 Å². The molecule has 1 aromatic carbocycles. The van der Waals surface area contributed by atoms with Crippen molar-refractivity contribution in [2.75, 3.05) is 66.1 Å². The Balaban J connectivity index is 0.00000480. The van der Waals surface area contributed by atoms with Crippen LogP contribution in [0.2, 0.25) is 0 Å². The van der Waals surface area contributed by atoms with Gasteiger partial charge >= 0.3 is 0 Å². The number of aliphatic imine (C=N–C) groups is 1. The van der Waals surface area contributed by atoms with Crippen molar-refractivity contribution in [1.82, 2.24) is 20.4 Å². The fraction of sp³-hybridized carbons (Fsp3) is 0.636.